The third kappa shape index (κ3) is 3.20. The minimum atomic E-state index is -0.240. The number of rotatable bonds is 4. The summed E-state index contributed by atoms with van der Waals surface area (Å²) in [5.74, 6) is 0.336. The molecule has 1 saturated carbocycles. The number of nitrogens with zero attached hydrogens (tertiary/aromatic N) is 1. The van der Waals surface area contributed by atoms with E-state index in [0.717, 1.165) is 31.2 Å². The van der Waals surface area contributed by atoms with Crippen molar-refractivity contribution in [3.05, 3.63) is 42.3 Å². The minimum absolute atomic E-state index is 0.0168. The van der Waals surface area contributed by atoms with E-state index in [2.05, 4.69) is 10.3 Å². The highest BCUT2D eigenvalue weighted by atomic mass is 16.3. The predicted octanol–water partition coefficient (Wildman–Crippen LogP) is 2.62. The molecule has 1 fully saturated rings. The maximum absolute atomic E-state index is 12.3. The maximum Gasteiger partial charge on any atom is 0.273 e. The molecule has 2 N–H and O–H groups in total. The number of hydrogen-bond acceptors (Lipinski definition) is 4. The number of carbonyl (C=O) groups is 1. The fourth-order valence-electron chi connectivity index (χ4n) is 2.95. The zero-order valence-corrected chi connectivity index (χ0v) is 12.4. The monoisotopic (exact) mass is 300 g/mol. The standard InChI is InChI=1S/C17H20N2O3/c20-10-13-8-4-5-9-14(13)18-16(21)15-11-22-17(19-15)12-6-2-1-3-7-12/h1-3,6-7,11,13-14,20H,4-5,8-10H2,(H,18,21). The Morgan fingerprint density at radius 1 is 1.27 bits per heavy atom. The second-order valence-corrected chi connectivity index (χ2v) is 5.71. The van der Waals surface area contributed by atoms with Crippen LogP contribution in [0.3, 0.4) is 0 Å². The Morgan fingerprint density at radius 2 is 2.05 bits per heavy atom. The quantitative estimate of drug-likeness (QED) is 0.910. The van der Waals surface area contributed by atoms with Crippen molar-refractivity contribution in [2.45, 2.75) is 31.7 Å². The van der Waals surface area contributed by atoms with Crippen LogP contribution in [0, 0.1) is 5.92 Å². The van der Waals surface area contributed by atoms with E-state index in [4.69, 9.17) is 4.42 Å². The molecule has 116 valence electrons. The van der Waals surface area contributed by atoms with Crippen LogP contribution in [0.25, 0.3) is 11.5 Å². The summed E-state index contributed by atoms with van der Waals surface area (Å²) in [4.78, 5) is 16.6. The van der Waals surface area contributed by atoms with Crippen LogP contribution in [0.2, 0.25) is 0 Å². The normalized spacial score (nSPS) is 21.5. The topological polar surface area (TPSA) is 75.4 Å². The molecule has 2 aromatic rings. The lowest BCUT2D eigenvalue weighted by Crippen LogP contribution is -2.43. The fourth-order valence-corrected chi connectivity index (χ4v) is 2.95. The van der Waals surface area contributed by atoms with Gasteiger partial charge in [-0.25, -0.2) is 4.98 Å². The van der Waals surface area contributed by atoms with Crippen molar-refractivity contribution in [1.82, 2.24) is 10.3 Å². The summed E-state index contributed by atoms with van der Waals surface area (Å²) in [6.45, 7) is 0.110. The van der Waals surface area contributed by atoms with E-state index >= 15 is 0 Å². The van der Waals surface area contributed by atoms with Crippen molar-refractivity contribution < 1.29 is 14.3 Å². The summed E-state index contributed by atoms with van der Waals surface area (Å²) < 4.78 is 5.39. The summed E-state index contributed by atoms with van der Waals surface area (Å²) in [6.07, 6.45) is 5.43. The third-order valence-corrected chi connectivity index (χ3v) is 4.22. The lowest BCUT2D eigenvalue weighted by atomic mass is 9.85. The van der Waals surface area contributed by atoms with Crippen LogP contribution in [0.5, 0.6) is 0 Å². The van der Waals surface area contributed by atoms with Gasteiger partial charge in [-0.1, -0.05) is 31.0 Å². The van der Waals surface area contributed by atoms with Crippen LogP contribution in [0.4, 0.5) is 0 Å². The molecule has 1 aromatic heterocycles. The first-order valence-corrected chi connectivity index (χ1v) is 7.70. The molecular formula is C17H20N2O3. The number of benzene rings is 1. The molecule has 0 saturated heterocycles. The van der Waals surface area contributed by atoms with Crippen molar-refractivity contribution >= 4 is 5.91 Å². The molecule has 5 heteroatoms. The van der Waals surface area contributed by atoms with Gasteiger partial charge in [-0.05, 0) is 25.0 Å². The Kier molecular flexibility index (Phi) is 4.53. The Balaban J connectivity index is 1.69. The van der Waals surface area contributed by atoms with Crippen LogP contribution in [0.15, 0.2) is 41.0 Å². The smallest absolute Gasteiger partial charge is 0.273 e. The molecule has 1 aliphatic rings. The highest BCUT2D eigenvalue weighted by molar-refractivity contribution is 5.92. The van der Waals surface area contributed by atoms with E-state index in [1.54, 1.807) is 0 Å². The number of aliphatic hydroxyl groups excluding tert-OH is 1. The van der Waals surface area contributed by atoms with Crippen molar-refractivity contribution in [3.63, 3.8) is 0 Å². The Bertz CT molecular complexity index is 624. The molecule has 1 aliphatic carbocycles. The Morgan fingerprint density at radius 3 is 2.82 bits per heavy atom. The van der Waals surface area contributed by atoms with Gasteiger partial charge < -0.3 is 14.8 Å². The van der Waals surface area contributed by atoms with E-state index in [0.29, 0.717) is 5.89 Å². The second kappa shape index (κ2) is 6.75. The summed E-state index contributed by atoms with van der Waals surface area (Å²) >= 11 is 0. The van der Waals surface area contributed by atoms with Crippen molar-refractivity contribution in [2.24, 2.45) is 5.92 Å². The van der Waals surface area contributed by atoms with E-state index in [1.807, 2.05) is 30.3 Å². The Hall–Kier alpha value is -2.14. The summed E-state index contributed by atoms with van der Waals surface area (Å²) in [6, 6.07) is 9.49. The number of oxazole rings is 1. The summed E-state index contributed by atoms with van der Waals surface area (Å²) in [7, 11) is 0. The molecule has 2 unspecified atom stereocenters. The van der Waals surface area contributed by atoms with Gasteiger partial charge in [0.2, 0.25) is 5.89 Å². The van der Waals surface area contributed by atoms with Gasteiger partial charge in [-0.3, -0.25) is 4.79 Å². The Labute approximate surface area is 129 Å². The maximum atomic E-state index is 12.3. The number of nitrogens with one attached hydrogen (secondary N) is 1. The van der Waals surface area contributed by atoms with Gasteiger partial charge in [0.15, 0.2) is 5.69 Å². The molecule has 3 rings (SSSR count). The largest absolute Gasteiger partial charge is 0.444 e. The number of amides is 1. The average Bonchev–Trinajstić information content (AvgIpc) is 3.06. The fraction of sp³-hybridized carbons (Fsp3) is 0.412. The van der Waals surface area contributed by atoms with Crippen molar-refractivity contribution in [3.8, 4) is 11.5 Å². The molecule has 1 aromatic carbocycles. The molecular weight excluding hydrogens is 280 g/mol. The first-order valence-electron chi connectivity index (χ1n) is 7.70. The van der Waals surface area contributed by atoms with Crippen molar-refractivity contribution in [1.29, 1.82) is 0 Å². The zero-order chi connectivity index (χ0) is 15.4. The number of carbonyl (C=O) groups excluding carboxylic acids is 1. The van der Waals surface area contributed by atoms with Crippen LogP contribution in [-0.2, 0) is 0 Å². The molecule has 0 aliphatic heterocycles. The van der Waals surface area contributed by atoms with Crippen LogP contribution in [-0.4, -0.2) is 28.6 Å². The lowest BCUT2D eigenvalue weighted by Gasteiger charge is -2.30. The van der Waals surface area contributed by atoms with Crippen molar-refractivity contribution in [2.75, 3.05) is 6.61 Å². The third-order valence-electron chi connectivity index (χ3n) is 4.22. The van der Waals surface area contributed by atoms with E-state index < -0.39 is 0 Å². The first kappa shape index (κ1) is 14.8. The number of aliphatic hydroxyl groups is 1. The van der Waals surface area contributed by atoms with Gasteiger partial charge in [-0.2, -0.15) is 0 Å². The van der Waals surface area contributed by atoms with Gasteiger partial charge in [0, 0.05) is 24.1 Å². The van der Waals surface area contributed by atoms with Gasteiger partial charge >= 0.3 is 0 Å². The van der Waals surface area contributed by atoms with Crippen LogP contribution >= 0.6 is 0 Å². The van der Waals surface area contributed by atoms with Crippen LogP contribution in [0.1, 0.15) is 36.2 Å². The van der Waals surface area contributed by atoms with E-state index in [1.165, 1.54) is 6.26 Å². The first-order chi connectivity index (χ1) is 10.8. The van der Waals surface area contributed by atoms with Gasteiger partial charge in [0.05, 0.1) is 0 Å². The molecule has 5 nitrogen and oxygen atoms in total. The lowest BCUT2D eigenvalue weighted by molar-refractivity contribution is 0.0867. The summed E-state index contributed by atoms with van der Waals surface area (Å²) in [5.41, 5.74) is 1.12. The number of hydrogen-bond donors (Lipinski definition) is 2. The molecule has 1 amide bonds. The molecule has 0 radical (unpaired) electrons. The van der Waals surface area contributed by atoms with Crippen LogP contribution < -0.4 is 5.32 Å². The van der Waals surface area contributed by atoms with Gasteiger partial charge in [0.25, 0.3) is 5.91 Å². The average molecular weight is 300 g/mol. The predicted molar refractivity (Wildman–Crippen MR) is 82.2 cm³/mol. The number of aromatic nitrogens is 1. The highest BCUT2D eigenvalue weighted by Gasteiger charge is 2.27. The van der Waals surface area contributed by atoms with E-state index in [-0.39, 0.29) is 30.2 Å². The van der Waals surface area contributed by atoms with Gasteiger partial charge in [0.1, 0.15) is 6.26 Å². The molecule has 0 spiro atoms. The van der Waals surface area contributed by atoms with E-state index in [9.17, 15) is 9.90 Å². The zero-order valence-electron chi connectivity index (χ0n) is 12.4. The molecule has 1 heterocycles. The molecule has 2 atom stereocenters. The SMILES string of the molecule is O=C(NC1CCCCC1CO)c1coc(-c2ccccc2)n1. The summed E-state index contributed by atoms with van der Waals surface area (Å²) in [5, 5.41) is 12.4. The highest BCUT2D eigenvalue weighted by Crippen LogP contribution is 2.24. The minimum Gasteiger partial charge on any atom is -0.444 e. The van der Waals surface area contributed by atoms with Gasteiger partial charge in [-0.15, -0.1) is 0 Å². The second-order valence-electron chi connectivity index (χ2n) is 5.71. The molecule has 22 heavy (non-hydrogen) atoms. The molecule has 0 bridgehead atoms.